The van der Waals surface area contributed by atoms with Crippen LogP contribution in [0.5, 0.6) is 0 Å². The minimum absolute atomic E-state index is 0.342. The normalized spacial score (nSPS) is 11.6. The molecule has 0 spiro atoms. The topological polar surface area (TPSA) is 17.1 Å². The molecule has 0 radical (unpaired) electrons. The van der Waals surface area contributed by atoms with Crippen LogP contribution in [0.15, 0.2) is 0 Å². The van der Waals surface area contributed by atoms with Gasteiger partial charge in [-0.3, -0.25) is 4.79 Å². The van der Waals surface area contributed by atoms with Crippen LogP contribution in [0.4, 0.5) is 0 Å². The number of carbonyl (C=O) groups is 1. The largest absolute Gasteiger partial charge is 0.288 e. The van der Waals surface area contributed by atoms with E-state index in [-0.39, 0.29) is 0 Å². The average molecular weight is 162 g/mol. The molecule has 0 aromatic carbocycles. The van der Waals surface area contributed by atoms with E-state index in [1.807, 2.05) is 6.26 Å². The van der Waals surface area contributed by atoms with E-state index in [1.165, 1.54) is 11.8 Å². The molecule has 0 aromatic heterocycles. The molecule has 0 aliphatic carbocycles. The second kappa shape index (κ2) is 3.42. The number of thioether (sulfide) groups is 1. The third-order valence-electron chi connectivity index (χ3n) is 0.902. The first-order valence-electron chi connectivity index (χ1n) is 3.02. The highest BCUT2D eigenvalue weighted by Crippen LogP contribution is 2.12. The van der Waals surface area contributed by atoms with Crippen molar-refractivity contribution < 1.29 is 4.79 Å². The number of hydrogen-bond donors (Lipinski definition) is 0. The predicted octanol–water partition coefficient (Wildman–Crippen LogP) is 2.21. The van der Waals surface area contributed by atoms with Gasteiger partial charge in [-0.2, -0.15) is 0 Å². The Balaban J connectivity index is 3.60. The number of carbonyl (C=O) groups excluding carboxylic acids is 1. The lowest BCUT2D eigenvalue weighted by Crippen LogP contribution is -2.22. The molecule has 9 heavy (non-hydrogen) atoms. The third kappa shape index (κ3) is 6.12. The zero-order chi connectivity index (χ0) is 7.49. The molecule has 0 saturated heterocycles. The Bertz CT molecular complexity index is 106. The molecule has 0 aromatic rings. The van der Waals surface area contributed by atoms with Gasteiger partial charge in [0.05, 0.1) is 8.07 Å². The molecule has 0 saturated carbocycles. The molecule has 0 amide bonds. The van der Waals surface area contributed by atoms with Gasteiger partial charge < -0.3 is 0 Å². The molecule has 0 aliphatic rings. The lowest BCUT2D eigenvalue weighted by Gasteiger charge is -2.12. The second-order valence-corrected chi connectivity index (χ2v) is 9.65. The minimum atomic E-state index is -1.11. The van der Waals surface area contributed by atoms with Crippen molar-refractivity contribution in [2.45, 2.75) is 25.7 Å². The fourth-order valence-electron chi connectivity index (χ4n) is 0.505. The van der Waals surface area contributed by atoms with Crippen molar-refractivity contribution in [2.75, 3.05) is 6.26 Å². The van der Waals surface area contributed by atoms with Crippen LogP contribution in [0.2, 0.25) is 25.7 Å². The summed E-state index contributed by atoms with van der Waals surface area (Å²) in [6, 6.07) is 0.814. The van der Waals surface area contributed by atoms with Crippen LogP contribution < -0.4 is 0 Å². The molecule has 0 fully saturated rings. The Morgan fingerprint density at radius 1 is 1.44 bits per heavy atom. The molecule has 0 bridgehead atoms. The lowest BCUT2D eigenvalue weighted by atomic mass is 10.9. The van der Waals surface area contributed by atoms with E-state index < -0.39 is 8.07 Å². The van der Waals surface area contributed by atoms with Gasteiger partial charge >= 0.3 is 0 Å². The van der Waals surface area contributed by atoms with Crippen molar-refractivity contribution in [3.05, 3.63) is 0 Å². The molecule has 0 heterocycles. The average Bonchev–Trinajstić information content (AvgIpc) is 1.62. The van der Waals surface area contributed by atoms with E-state index in [4.69, 9.17) is 0 Å². The molecule has 54 valence electrons. The van der Waals surface area contributed by atoms with Crippen molar-refractivity contribution >= 4 is 25.0 Å². The van der Waals surface area contributed by atoms with E-state index in [0.29, 0.717) is 5.12 Å². The van der Waals surface area contributed by atoms with Crippen LogP contribution in [0.1, 0.15) is 0 Å². The zero-order valence-electron chi connectivity index (χ0n) is 6.52. The maximum absolute atomic E-state index is 10.8. The van der Waals surface area contributed by atoms with Crippen LogP contribution in [-0.2, 0) is 4.79 Å². The monoisotopic (exact) mass is 162 g/mol. The third-order valence-corrected chi connectivity index (χ3v) is 3.14. The van der Waals surface area contributed by atoms with Gasteiger partial charge in [0, 0.05) is 6.04 Å². The van der Waals surface area contributed by atoms with Crippen LogP contribution in [-0.4, -0.2) is 19.4 Å². The van der Waals surface area contributed by atoms with E-state index in [2.05, 4.69) is 19.6 Å². The van der Waals surface area contributed by atoms with Crippen molar-refractivity contribution in [1.29, 1.82) is 0 Å². The summed E-state index contributed by atoms with van der Waals surface area (Å²) in [7, 11) is -1.11. The Morgan fingerprint density at radius 2 is 1.89 bits per heavy atom. The van der Waals surface area contributed by atoms with Crippen molar-refractivity contribution in [2.24, 2.45) is 0 Å². The Kier molecular flexibility index (Phi) is 3.51. The smallest absolute Gasteiger partial charge is 0.186 e. The quantitative estimate of drug-likeness (QED) is 0.579. The minimum Gasteiger partial charge on any atom is -0.288 e. The lowest BCUT2D eigenvalue weighted by molar-refractivity contribution is -0.109. The first-order valence-corrected chi connectivity index (χ1v) is 7.96. The van der Waals surface area contributed by atoms with Crippen LogP contribution >= 0.6 is 11.8 Å². The summed E-state index contributed by atoms with van der Waals surface area (Å²) in [4.78, 5) is 10.8. The van der Waals surface area contributed by atoms with Crippen LogP contribution in [0.25, 0.3) is 0 Å². The van der Waals surface area contributed by atoms with E-state index in [1.54, 1.807) is 0 Å². The summed E-state index contributed by atoms with van der Waals surface area (Å²) in [5.41, 5.74) is 0. The fraction of sp³-hybridized carbons (Fsp3) is 0.833. The van der Waals surface area contributed by atoms with Crippen molar-refractivity contribution in [3.63, 3.8) is 0 Å². The SMILES string of the molecule is CSC(=O)C[Si](C)(C)C. The van der Waals surface area contributed by atoms with Gasteiger partial charge in [0.25, 0.3) is 0 Å². The van der Waals surface area contributed by atoms with Gasteiger partial charge in [0.15, 0.2) is 5.12 Å². The fourth-order valence-corrected chi connectivity index (χ4v) is 3.25. The zero-order valence-corrected chi connectivity index (χ0v) is 8.34. The van der Waals surface area contributed by atoms with Gasteiger partial charge in [-0.25, -0.2) is 0 Å². The van der Waals surface area contributed by atoms with Gasteiger partial charge in [-0.1, -0.05) is 31.4 Å². The Morgan fingerprint density at radius 3 is 2.00 bits per heavy atom. The predicted molar refractivity (Wildman–Crippen MR) is 46.7 cm³/mol. The highest BCUT2D eigenvalue weighted by atomic mass is 32.2. The van der Waals surface area contributed by atoms with Gasteiger partial charge in [0.2, 0.25) is 0 Å². The summed E-state index contributed by atoms with van der Waals surface area (Å²) < 4.78 is 0. The molecule has 0 unspecified atom stereocenters. The Hall–Kier alpha value is 0.237. The molecule has 0 aliphatic heterocycles. The summed E-state index contributed by atoms with van der Waals surface area (Å²) in [6.07, 6.45) is 1.85. The van der Waals surface area contributed by atoms with Crippen molar-refractivity contribution in [3.8, 4) is 0 Å². The molecule has 0 rings (SSSR count). The summed E-state index contributed by atoms with van der Waals surface area (Å²) in [5, 5.41) is 0.342. The van der Waals surface area contributed by atoms with Crippen LogP contribution in [0, 0.1) is 0 Å². The number of hydrogen-bond acceptors (Lipinski definition) is 2. The maximum atomic E-state index is 10.8. The molecule has 1 nitrogen and oxygen atoms in total. The summed E-state index contributed by atoms with van der Waals surface area (Å²) in [5.74, 6) is 0. The summed E-state index contributed by atoms with van der Waals surface area (Å²) >= 11 is 1.35. The van der Waals surface area contributed by atoms with Crippen molar-refractivity contribution in [1.82, 2.24) is 0 Å². The maximum Gasteiger partial charge on any atom is 0.186 e. The van der Waals surface area contributed by atoms with E-state index >= 15 is 0 Å². The summed E-state index contributed by atoms with van der Waals surface area (Å²) in [6.45, 7) is 6.63. The van der Waals surface area contributed by atoms with Crippen LogP contribution in [0.3, 0.4) is 0 Å². The number of rotatable bonds is 2. The molecule has 3 heteroatoms. The highest BCUT2D eigenvalue weighted by molar-refractivity contribution is 8.13. The first-order chi connectivity index (χ1) is 3.95. The van der Waals surface area contributed by atoms with E-state index in [9.17, 15) is 4.79 Å². The van der Waals surface area contributed by atoms with Gasteiger partial charge in [-0.05, 0) is 6.26 Å². The van der Waals surface area contributed by atoms with Gasteiger partial charge in [0.1, 0.15) is 0 Å². The molecular weight excluding hydrogens is 148 g/mol. The Labute approximate surface area is 62.2 Å². The second-order valence-electron chi connectivity index (χ2n) is 3.31. The first kappa shape index (κ1) is 9.24. The standard InChI is InChI=1S/C6H14OSSi/c1-8-6(7)5-9(2,3)4/h5H2,1-4H3. The molecular formula is C6H14OSSi. The highest BCUT2D eigenvalue weighted by Gasteiger charge is 2.16. The molecule has 0 atom stereocenters. The van der Waals surface area contributed by atoms with E-state index in [0.717, 1.165) is 6.04 Å². The van der Waals surface area contributed by atoms with Gasteiger partial charge in [-0.15, -0.1) is 0 Å². The molecule has 0 N–H and O–H groups in total.